The first-order chi connectivity index (χ1) is 8.88. The summed E-state index contributed by atoms with van der Waals surface area (Å²) in [7, 11) is 0. The van der Waals surface area contributed by atoms with Crippen molar-refractivity contribution in [3.63, 3.8) is 0 Å². The highest BCUT2D eigenvalue weighted by Crippen LogP contribution is 2.32. The number of halogens is 4. The number of aromatic nitrogens is 2. The van der Waals surface area contributed by atoms with Crippen molar-refractivity contribution >= 4 is 11.8 Å². The van der Waals surface area contributed by atoms with Crippen molar-refractivity contribution in [3.05, 3.63) is 46.9 Å². The summed E-state index contributed by atoms with van der Waals surface area (Å²) < 4.78 is 52.8. The molecule has 2 aromatic rings. The van der Waals surface area contributed by atoms with Gasteiger partial charge in [-0.1, -0.05) is 11.8 Å². The number of hydrogen-bond donors (Lipinski definition) is 0. The van der Waals surface area contributed by atoms with Gasteiger partial charge in [-0.2, -0.15) is 13.8 Å². The van der Waals surface area contributed by atoms with Crippen molar-refractivity contribution in [2.45, 2.75) is 23.8 Å². The van der Waals surface area contributed by atoms with Gasteiger partial charge in [0.25, 0.3) is 11.9 Å². The predicted octanol–water partition coefficient (Wildman–Crippen LogP) is 3.80. The molecule has 0 N–H and O–H groups in total. The first kappa shape index (κ1) is 13.8. The Hall–Kier alpha value is -1.63. The summed E-state index contributed by atoms with van der Waals surface area (Å²) in [6.07, 6.45) is 0. The highest BCUT2D eigenvalue weighted by atomic mass is 32.2. The van der Waals surface area contributed by atoms with Crippen molar-refractivity contribution < 1.29 is 17.6 Å². The number of aryl methyl sites for hydroxylation is 2. The summed E-state index contributed by atoms with van der Waals surface area (Å²) >= 11 is 0.516. The van der Waals surface area contributed by atoms with Gasteiger partial charge in [0.15, 0.2) is 11.6 Å². The lowest BCUT2D eigenvalue weighted by atomic mass is 10.3. The van der Waals surface area contributed by atoms with Crippen LogP contribution in [-0.4, -0.2) is 9.97 Å². The van der Waals surface area contributed by atoms with E-state index < -0.39 is 28.4 Å². The van der Waals surface area contributed by atoms with Crippen molar-refractivity contribution in [3.8, 4) is 0 Å². The molecule has 0 unspecified atom stereocenters. The van der Waals surface area contributed by atoms with Crippen LogP contribution in [0.15, 0.2) is 22.1 Å². The highest BCUT2D eigenvalue weighted by Gasteiger charge is 2.22. The lowest BCUT2D eigenvalue weighted by molar-refractivity contribution is 0.383. The van der Waals surface area contributed by atoms with E-state index in [0.29, 0.717) is 17.5 Å². The van der Waals surface area contributed by atoms with Gasteiger partial charge in [0.05, 0.1) is 4.90 Å². The molecule has 0 saturated heterocycles. The molecule has 2 heterocycles. The number of nitrogens with zero attached hydrogens (tertiary/aromatic N) is 2. The highest BCUT2D eigenvalue weighted by molar-refractivity contribution is 7.99. The van der Waals surface area contributed by atoms with Crippen LogP contribution in [0.1, 0.15) is 11.3 Å². The van der Waals surface area contributed by atoms with Crippen LogP contribution in [0.5, 0.6) is 0 Å². The Bertz CT molecular complexity index is 600. The fourth-order valence-electron chi connectivity index (χ4n) is 1.52. The molecule has 2 aromatic heterocycles. The van der Waals surface area contributed by atoms with Crippen LogP contribution in [0.3, 0.4) is 0 Å². The molecular weight excluding hydrogens is 280 g/mol. The van der Waals surface area contributed by atoms with Crippen LogP contribution < -0.4 is 0 Å². The molecular formula is C12H8F4N2S. The monoisotopic (exact) mass is 288 g/mol. The van der Waals surface area contributed by atoms with Crippen LogP contribution in [0, 0.1) is 37.4 Å². The molecule has 0 spiro atoms. The summed E-state index contributed by atoms with van der Waals surface area (Å²) in [5, 5.41) is 0.250. The van der Waals surface area contributed by atoms with E-state index >= 15 is 0 Å². The Morgan fingerprint density at radius 1 is 0.895 bits per heavy atom. The quantitative estimate of drug-likeness (QED) is 0.621. The molecule has 0 atom stereocenters. The normalized spacial score (nSPS) is 10.8. The minimum Gasteiger partial charge on any atom is -0.246 e. The van der Waals surface area contributed by atoms with Crippen LogP contribution in [0.4, 0.5) is 17.6 Å². The van der Waals surface area contributed by atoms with E-state index in [1.807, 2.05) is 0 Å². The molecule has 0 amide bonds. The smallest absolute Gasteiger partial charge is 0.246 e. The van der Waals surface area contributed by atoms with E-state index in [-0.39, 0.29) is 5.03 Å². The second kappa shape index (κ2) is 5.16. The van der Waals surface area contributed by atoms with Gasteiger partial charge in [-0.05, 0) is 31.5 Å². The average Bonchev–Trinajstić information content (AvgIpc) is 2.31. The zero-order chi connectivity index (χ0) is 14.2. The Morgan fingerprint density at radius 2 is 1.47 bits per heavy atom. The lowest BCUT2D eigenvalue weighted by Gasteiger charge is -2.06. The Morgan fingerprint density at radius 3 is 2.00 bits per heavy atom. The van der Waals surface area contributed by atoms with Gasteiger partial charge in [-0.25, -0.2) is 13.8 Å². The molecule has 100 valence electrons. The molecule has 0 aliphatic heterocycles. The van der Waals surface area contributed by atoms with Crippen molar-refractivity contribution in [2.75, 3.05) is 0 Å². The van der Waals surface area contributed by atoms with E-state index in [1.54, 1.807) is 26.0 Å². The van der Waals surface area contributed by atoms with E-state index in [4.69, 9.17) is 0 Å². The van der Waals surface area contributed by atoms with E-state index in [0.717, 1.165) is 5.56 Å². The van der Waals surface area contributed by atoms with Gasteiger partial charge >= 0.3 is 0 Å². The third-order valence-corrected chi connectivity index (χ3v) is 3.22. The Labute approximate surface area is 110 Å². The second-order valence-electron chi connectivity index (χ2n) is 3.88. The Kier molecular flexibility index (Phi) is 3.75. The maximum absolute atomic E-state index is 13.4. The third kappa shape index (κ3) is 2.86. The standard InChI is InChI=1S/C12H8F4N2S/c1-5-3-6(2)17-7(4-5)19-10-8(13)11(15)18-12(16)9(10)14/h3-4H,1-2H3. The summed E-state index contributed by atoms with van der Waals surface area (Å²) in [5.74, 6) is -6.40. The van der Waals surface area contributed by atoms with Gasteiger partial charge in [-0.15, -0.1) is 0 Å². The first-order valence-corrected chi connectivity index (χ1v) is 6.03. The summed E-state index contributed by atoms with van der Waals surface area (Å²) in [6, 6.07) is 3.33. The van der Waals surface area contributed by atoms with Crippen molar-refractivity contribution in [2.24, 2.45) is 0 Å². The predicted molar refractivity (Wildman–Crippen MR) is 61.9 cm³/mol. The lowest BCUT2D eigenvalue weighted by Crippen LogP contribution is -2.02. The van der Waals surface area contributed by atoms with Crippen LogP contribution in [0.25, 0.3) is 0 Å². The van der Waals surface area contributed by atoms with Crippen molar-refractivity contribution in [1.29, 1.82) is 0 Å². The molecule has 0 aliphatic carbocycles. The molecule has 0 fully saturated rings. The summed E-state index contributed by atoms with van der Waals surface area (Å²) in [4.78, 5) is 5.74. The van der Waals surface area contributed by atoms with Gasteiger partial charge in [0.1, 0.15) is 5.03 Å². The average molecular weight is 288 g/mol. The molecule has 2 rings (SSSR count). The molecule has 0 radical (unpaired) electrons. The maximum atomic E-state index is 13.4. The molecule has 2 nitrogen and oxygen atoms in total. The molecule has 7 heteroatoms. The second-order valence-corrected chi connectivity index (χ2v) is 4.91. The van der Waals surface area contributed by atoms with E-state index in [2.05, 4.69) is 9.97 Å². The molecule has 0 aromatic carbocycles. The molecule has 0 saturated carbocycles. The third-order valence-electron chi connectivity index (χ3n) is 2.24. The minimum atomic E-state index is -1.68. The molecule has 0 aliphatic rings. The van der Waals surface area contributed by atoms with Gasteiger partial charge in [0.2, 0.25) is 0 Å². The number of rotatable bonds is 2. The molecule has 0 bridgehead atoms. The van der Waals surface area contributed by atoms with Crippen LogP contribution in [-0.2, 0) is 0 Å². The Balaban J connectivity index is 2.49. The van der Waals surface area contributed by atoms with Gasteiger partial charge in [-0.3, -0.25) is 0 Å². The fraction of sp³-hybridized carbons (Fsp3) is 0.167. The summed E-state index contributed by atoms with van der Waals surface area (Å²) in [6.45, 7) is 3.48. The first-order valence-electron chi connectivity index (χ1n) is 5.21. The van der Waals surface area contributed by atoms with E-state index in [9.17, 15) is 17.6 Å². The summed E-state index contributed by atoms with van der Waals surface area (Å²) in [5.41, 5.74) is 1.46. The largest absolute Gasteiger partial charge is 0.252 e. The number of hydrogen-bond acceptors (Lipinski definition) is 3. The zero-order valence-electron chi connectivity index (χ0n) is 9.97. The van der Waals surface area contributed by atoms with Crippen LogP contribution in [0.2, 0.25) is 0 Å². The van der Waals surface area contributed by atoms with Gasteiger partial charge < -0.3 is 0 Å². The fourth-order valence-corrected chi connectivity index (χ4v) is 2.51. The zero-order valence-corrected chi connectivity index (χ0v) is 10.8. The van der Waals surface area contributed by atoms with Gasteiger partial charge in [0, 0.05) is 5.69 Å². The van der Waals surface area contributed by atoms with Crippen molar-refractivity contribution in [1.82, 2.24) is 9.97 Å². The SMILES string of the molecule is Cc1cc(C)nc(Sc2c(F)c(F)nc(F)c2F)c1. The number of pyridine rings is 2. The maximum Gasteiger partial charge on any atom is 0.252 e. The van der Waals surface area contributed by atoms with E-state index in [1.165, 1.54) is 0 Å². The van der Waals surface area contributed by atoms with Crippen LogP contribution >= 0.6 is 11.8 Å². The molecule has 19 heavy (non-hydrogen) atoms. The minimum absolute atomic E-state index is 0.250. The topological polar surface area (TPSA) is 25.8 Å².